The molecule has 1 aromatic heterocycles. The third-order valence-corrected chi connectivity index (χ3v) is 2.82. The Kier molecular flexibility index (Phi) is 4.89. The van der Waals surface area contributed by atoms with E-state index in [0.717, 1.165) is 5.52 Å². The SMILES string of the molecule is COC[C@@H](C)NC(=O)COC(=O)c1n[nH]c2ccccc12. The van der Waals surface area contributed by atoms with Crippen molar-refractivity contribution in [2.24, 2.45) is 0 Å². The summed E-state index contributed by atoms with van der Waals surface area (Å²) in [5, 5.41) is 9.96. The Morgan fingerprint density at radius 2 is 2.14 bits per heavy atom. The van der Waals surface area contributed by atoms with Crippen LogP contribution in [0.4, 0.5) is 0 Å². The lowest BCUT2D eigenvalue weighted by Crippen LogP contribution is -2.38. The number of nitrogens with one attached hydrogen (secondary N) is 2. The van der Waals surface area contributed by atoms with Crippen molar-refractivity contribution in [3.05, 3.63) is 30.0 Å². The van der Waals surface area contributed by atoms with Crippen LogP contribution in [0.5, 0.6) is 0 Å². The van der Waals surface area contributed by atoms with Crippen LogP contribution in [0.3, 0.4) is 0 Å². The number of aromatic nitrogens is 2. The van der Waals surface area contributed by atoms with Crippen LogP contribution in [0.25, 0.3) is 10.9 Å². The molecule has 0 fully saturated rings. The number of amides is 1. The molecule has 2 rings (SSSR count). The van der Waals surface area contributed by atoms with Gasteiger partial charge in [-0.3, -0.25) is 9.89 Å². The Morgan fingerprint density at radius 3 is 2.90 bits per heavy atom. The van der Waals surface area contributed by atoms with Crippen LogP contribution in [0.1, 0.15) is 17.4 Å². The average Bonchev–Trinajstić information content (AvgIpc) is 2.89. The number of esters is 1. The zero-order chi connectivity index (χ0) is 15.2. The summed E-state index contributed by atoms with van der Waals surface area (Å²) < 4.78 is 9.86. The van der Waals surface area contributed by atoms with E-state index in [1.54, 1.807) is 32.2 Å². The summed E-state index contributed by atoms with van der Waals surface area (Å²) in [6, 6.07) is 7.05. The number of hydrogen-bond acceptors (Lipinski definition) is 5. The van der Waals surface area contributed by atoms with Crippen molar-refractivity contribution in [2.45, 2.75) is 13.0 Å². The molecule has 112 valence electrons. The number of ether oxygens (including phenoxy) is 2. The van der Waals surface area contributed by atoms with E-state index < -0.39 is 5.97 Å². The van der Waals surface area contributed by atoms with E-state index in [4.69, 9.17) is 9.47 Å². The molecule has 0 unspecified atom stereocenters. The molecule has 1 aromatic carbocycles. The molecule has 0 spiro atoms. The molecular formula is C14H17N3O4. The predicted octanol–water partition coefficient (Wildman–Crippen LogP) is 0.871. The minimum Gasteiger partial charge on any atom is -0.451 e. The number of benzene rings is 1. The quantitative estimate of drug-likeness (QED) is 0.770. The molecule has 7 nitrogen and oxygen atoms in total. The number of H-pyrrole nitrogens is 1. The third kappa shape index (κ3) is 3.79. The van der Waals surface area contributed by atoms with Gasteiger partial charge in [0.05, 0.1) is 12.1 Å². The van der Waals surface area contributed by atoms with Gasteiger partial charge >= 0.3 is 5.97 Å². The highest BCUT2D eigenvalue weighted by atomic mass is 16.5. The third-order valence-electron chi connectivity index (χ3n) is 2.82. The van der Waals surface area contributed by atoms with Crippen molar-refractivity contribution in [1.82, 2.24) is 15.5 Å². The molecule has 0 saturated heterocycles. The first-order chi connectivity index (χ1) is 10.1. The van der Waals surface area contributed by atoms with E-state index in [0.29, 0.717) is 12.0 Å². The molecule has 1 atom stereocenters. The molecule has 0 aliphatic carbocycles. The van der Waals surface area contributed by atoms with Crippen LogP contribution in [0, 0.1) is 0 Å². The highest BCUT2D eigenvalue weighted by molar-refractivity contribution is 6.02. The van der Waals surface area contributed by atoms with Crippen LogP contribution >= 0.6 is 0 Å². The lowest BCUT2D eigenvalue weighted by atomic mass is 10.2. The maximum atomic E-state index is 11.9. The Hall–Kier alpha value is -2.41. The number of carbonyl (C=O) groups excluding carboxylic acids is 2. The molecule has 7 heteroatoms. The highest BCUT2D eigenvalue weighted by Crippen LogP contribution is 2.15. The van der Waals surface area contributed by atoms with Crippen molar-refractivity contribution in [3.8, 4) is 0 Å². The van der Waals surface area contributed by atoms with Crippen LogP contribution in [0.2, 0.25) is 0 Å². The van der Waals surface area contributed by atoms with Crippen LogP contribution in [-0.4, -0.2) is 48.4 Å². The Morgan fingerprint density at radius 1 is 1.38 bits per heavy atom. The van der Waals surface area contributed by atoms with Crippen molar-refractivity contribution >= 4 is 22.8 Å². The summed E-state index contributed by atoms with van der Waals surface area (Å²) in [6.45, 7) is 1.84. The van der Waals surface area contributed by atoms with Crippen molar-refractivity contribution < 1.29 is 19.1 Å². The fourth-order valence-corrected chi connectivity index (χ4v) is 1.93. The van der Waals surface area contributed by atoms with E-state index in [-0.39, 0.29) is 24.2 Å². The number of fused-ring (bicyclic) bond motifs is 1. The van der Waals surface area contributed by atoms with Gasteiger partial charge in [0.25, 0.3) is 5.91 Å². The normalized spacial score (nSPS) is 12.1. The Balaban J connectivity index is 1.91. The first-order valence-electron chi connectivity index (χ1n) is 6.50. The van der Waals surface area contributed by atoms with E-state index >= 15 is 0 Å². The summed E-state index contributed by atoms with van der Waals surface area (Å²) >= 11 is 0. The maximum Gasteiger partial charge on any atom is 0.359 e. The van der Waals surface area contributed by atoms with Crippen LogP contribution in [-0.2, 0) is 14.3 Å². The number of rotatable bonds is 6. The molecule has 2 aromatic rings. The Bertz CT molecular complexity index is 638. The second-order valence-corrected chi connectivity index (χ2v) is 4.62. The molecule has 0 radical (unpaired) electrons. The van der Waals surface area contributed by atoms with Crippen LogP contribution < -0.4 is 5.32 Å². The lowest BCUT2D eigenvalue weighted by Gasteiger charge is -2.12. The monoisotopic (exact) mass is 291 g/mol. The van der Waals surface area contributed by atoms with E-state index in [9.17, 15) is 9.59 Å². The zero-order valence-electron chi connectivity index (χ0n) is 11.9. The van der Waals surface area contributed by atoms with Crippen molar-refractivity contribution in [3.63, 3.8) is 0 Å². The minimum atomic E-state index is -0.637. The number of carbonyl (C=O) groups is 2. The molecule has 0 bridgehead atoms. The summed E-state index contributed by atoms with van der Waals surface area (Å²) in [6.07, 6.45) is 0. The van der Waals surface area contributed by atoms with Gasteiger partial charge in [-0.1, -0.05) is 18.2 Å². The highest BCUT2D eigenvalue weighted by Gasteiger charge is 2.17. The van der Waals surface area contributed by atoms with E-state index in [2.05, 4.69) is 15.5 Å². The van der Waals surface area contributed by atoms with Crippen molar-refractivity contribution in [1.29, 1.82) is 0 Å². The number of para-hydroxylation sites is 1. The number of nitrogens with zero attached hydrogens (tertiary/aromatic N) is 1. The van der Waals surface area contributed by atoms with E-state index in [1.165, 1.54) is 0 Å². The first kappa shape index (κ1) is 15.0. The van der Waals surface area contributed by atoms with E-state index in [1.807, 2.05) is 6.07 Å². The van der Waals surface area contributed by atoms with Crippen LogP contribution in [0.15, 0.2) is 24.3 Å². The summed E-state index contributed by atoms with van der Waals surface area (Å²) in [7, 11) is 1.55. The second-order valence-electron chi connectivity index (χ2n) is 4.62. The largest absolute Gasteiger partial charge is 0.451 e. The molecule has 1 heterocycles. The van der Waals surface area contributed by atoms with Gasteiger partial charge in [0.1, 0.15) is 0 Å². The number of aromatic amines is 1. The molecule has 0 saturated carbocycles. The smallest absolute Gasteiger partial charge is 0.359 e. The van der Waals surface area contributed by atoms with Gasteiger partial charge in [-0.25, -0.2) is 4.79 Å². The minimum absolute atomic E-state index is 0.146. The molecule has 2 N–H and O–H groups in total. The second kappa shape index (κ2) is 6.85. The first-order valence-corrected chi connectivity index (χ1v) is 6.50. The van der Waals surface area contributed by atoms with Gasteiger partial charge in [0.15, 0.2) is 12.3 Å². The topological polar surface area (TPSA) is 93.3 Å². The summed E-state index contributed by atoms with van der Waals surface area (Å²) in [5.41, 5.74) is 0.908. The van der Waals surface area contributed by atoms with Gasteiger partial charge < -0.3 is 14.8 Å². The summed E-state index contributed by atoms with van der Waals surface area (Å²) in [4.78, 5) is 23.5. The van der Waals surface area contributed by atoms with Gasteiger partial charge in [-0.15, -0.1) is 0 Å². The van der Waals surface area contributed by atoms with Gasteiger partial charge in [0, 0.05) is 18.5 Å². The zero-order valence-corrected chi connectivity index (χ0v) is 11.9. The molecule has 21 heavy (non-hydrogen) atoms. The fraction of sp³-hybridized carbons (Fsp3) is 0.357. The molecule has 1 amide bonds. The Labute approximate surface area is 121 Å². The standard InChI is InChI=1S/C14H17N3O4/c1-9(7-20-2)15-12(18)8-21-14(19)13-10-5-3-4-6-11(10)16-17-13/h3-6,9H,7-8H2,1-2H3,(H,15,18)(H,16,17)/t9-/m1/s1. The predicted molar refractivity (Wildman–Crippen MR) is 75.9 cm³/mol. The van der Waals surface area contributed by atoms with Gasteiger partial charge in [-0.2, -0.15) is 5.10 Å². The summed E-state index contributed by atoms with van der Waals surface area (Å²) in [5.74, 6) is -1.02. The average molecular weight is 291 g/mol. The molecular weight excluding hydrogens is 274 g/mol. The molecule has 0 aliphatic heterocycles. The fourth-order valence-electron chi connectivity index (χ4n) is 1.93. The number of methoxy groups -OCH3 is 1. The molecule has 0 aliphatic rings. The van der Waals surface area contributed by atoms with Gasteiger partial charge in [0.2, 0.25) is 0 Å². The van der Waals surface area contributed by atoms with Gasteiger partial charge in [-0.05, 0) is 13.0 Å². The number of hydrogen-bond donors (Lipinski definition) is 2. The van der Waals surface area contributed by atoms with Crippen molar-refractivity contribution in [2.75, 3.05) is 20.3 Å². The maximum absolute atomic E-state index is 11.9. The lowest BCUT2D eigenvalue weighted by molar-refractivity contribution is -0.125.